The largest absolute Gasteiger partial charge is 2.00 e. The predicted molar refractivity (Wildman–Crippen MR) is 78.1 cm³/mol. The molecule has 0 unspecified atom stereocenters. The molecule has 133 valence electrons. The van der Waals surface area contributed by atoms with Crippen LogP contribution in [-0.4, -0.2) is 7.11 Å². The average Bonchev–Trinajstić information content (AvgIpc) is 2.83. The number of benzene rings is 1. The molecule has 1 aliphatic rings. The van der Waals surface area contributed by atoms with Crippen molar-refractivity contribution in [3.63, 3.8) is 0 Å². The van der Waals surface area contributed by atoms with Crippen LogP contribution in [0.2, 0.25) is 10.0 Å². The number of halogens is 8. The average molecular weight is 488 g/mol. The molecule has 1 aromatic rings. The second kappa shape index (κ2) is 9.08. The zero-order valence-corrected chi connectivity index (χ0v) is 15.5. The Morgan fingerprint density at radius 3 is 1.22 bits per heavy atom. The maximum atomic E-state index is 9.87. The summed E-state index contributed by atoms with van der Waals surface area (Å²) in [6.45, 7) is 0. The molecule has 1 fully saturated rings. The van der Waals surface area contributed by atoms with Gasteiger partial charge in [0.15, 0.2) is 5.75 Å². The number of hydrogen-bond acceptors (Lipinski definition) is 1. The summed E-state index contributed by atoms with van der Waals surface area (Å²) in [5.74, 6) is 0.533. The van der Waals surface area contributed by atoms with E-state index >= 15 is 0 Å². The number of methoxy groups -OCH3 is 1. The molecule has 0 aromatic heterocycles. The minimum atomic E-state index is -10.7. The molecule has 2 rings (SSSR count). The van der Waals surface area contributed by atoms with Crippen molar-refractivity contribution in [3.8, 4) is 5.75 Å². The van der Waals surface area contributed by atoms with Gasteiger partial charge in [0.2, 0.25) is 0 Å². The van der Waals surface area contributed by atoms with Crippen molar-refractivity contribution in [1.29, 1.82) is 0 Å². The van der Waals surface area contributed by atoms with Crippen LogP contribution in [0.5, 0.6) is 5.75 Å². The van der Waals surface area contributed by atoms with Crippen molar-refractivity contribution in [3.05, 3.63) is 60.3 Å². The van der Waals surface area contributed by atoms with Gasteiger partial charge in [0, 0.05) is 0 Å². The molecule has 0 saturated heterocycles. The molecule has 0 N–H and O–H groups in total. The molecule has 1 nitrogen and oxygen atoms in total. The summed E-state index contributed by atoms with van der Waals surface area (Å²) < 4.78 is 64.1. The van der Waals surface area contributed by atoms with Crippen LogP contribution < -0.4 is 4.74 Å². The minimum Gasteiger partial charge on any atom is -0.0312 e. The summed E-state index contributed by atoms with van der Waals surface area (Å²) in [7, 11) is -9.12. The molecular weight excluding hydrogens is 477 g/mol. The first kappa shape index (κ1) is 25.5. The van der Waals surface area contributed by atoms with Crippen molar-refractivity contribution in [2.75, 3.05) is 7.11 Å². The Kier molecular flexibility index (Phi) is 10.1. The van der Waals surface area contributed by atoms with Crippen molar-refractivity contribution < 1.29 is 49.4 Å². The standard InChI is InChI=1S/C7H6Cl2O.C5H5.F6P.Ru/c1-10-7-5(8)3-2-4-6(7)9;1-2-4-5-3-1;1-7(2,3,4,5)6;/h2-4H,1H3;1-5H;;/q;;-1;+2. The smallest absolute Gasteiger partial charge is 0.0312 e. The van der Waals surface area contributed by atoms with Crippen LogP contribution >= 0.6 is 31.0 Å². The summed E-state index contributed by atoms with van der Waals surface area (Å²) >= 11 is 11.4. The molecule has 0 aliphatic heterocycles. The van der Waals surface area contributed by atoms with Gasteiger partial charge in [0.25, 0.3) is 0 Å². The Hall–Kier alpha value is 0.233. The molecule has 1 aromatic carbocycles. The van der Waals surface area contributed by atoms with E-state index in [0.717, 1.165) is 0 Å². The van der Waals surface area contributed by atoms with Gasteiger partial charge in [-0.15, -0.1) is 0 Å². The van der Waals surface area contributed by atoms with E-state index in [4.69, 9.17) is 27.9 Å². The Morgan fingerprint density at radius 1 is 0.783 bits per heavy atom. The molecule has 0 bridgehead atoms. The van der Waals surface area contributed by atoms with E-state index in [1.807, 2.05) is 32.1 Å². The number of para-hydroxylation sites is 1. The third kappa shape index (κ3) is 20.2. The Labute approximate surface area is 153 Å². The zero-order chi connectivity index (χ0) is 17.5. The third-order valence-corrected chi connectivity index (χ3v) is 2.27. The van der Waals surface area contributed by atoms with Crippen LogP contribution in [-0.2, 0) is 19.5 Å². The van der Waals surface area contributed by atoms with E-state index in [2.05, 4.69) is 0 Å². The molecule has 1 saturated carbocycles. The normalized spacial score (nSPS) is 16.4. The fourth-order valence-electron chi connectivity index (χ4n) is 0.998. The Bertz CT molecular complexity index is 440. The van der Waals surface area contributed by atoms with E-state index in [9.17, 15) is 25.2 Å². The van der Waals surface area contributed by atoms with Gasteiger partial charge in [0.1, 0.15) is 0 Å². The van der Waals surface area contributed by atoms with Crippen LogP contribution in [0.1, 0.15) is 0 Å². The van der Waals surface area contributed by atoms with Crippen LogP contribution in [0.3, 0.4) is 0 Å². The van der Waals surface area contributed by atoms with Crippen molar-refractivity contribution in [1.82, 2.24) is 0 Å². The summed E-state index contributed by atoms with van der Waals surface area (Å²) in [5.41, 5.74) is 0. The van der Waals surface area contributed by atoms with Crippen LogP contribution in [0.25, 0.3) is 0 Å². The monoisotopic (exact) mass is 488 g/mol. The van der Waals surface area contributed by atoms with Crippen LogP contribution in [0.15, 0.2) is 18.2 Å². The quantitative estimate of drug-likeness (QED) is 0.228. The van der Waals surface area contributed by atoms with Gasteiger partial charge in [-0.05, 0) is 44.2 Å². The second-order valence-corrected chi connectivity index (χ2v) is 6.41. The maximum Gasteiger partial charge on any atom is 2.00 e. The van der Waals surface area contributed by atoms with E-state index in [1.54, 1.807) is 18.2 Å². The summed E-state index contributed by atoms with van der Waals surface area (Å²) in [5, 5.41) is 1.07. The first-order valence-electron chi connectivity index (χ1n) is 5.42. The molecular formula is C12H11Cl2F6OPRu+. The fourth-order valence-corrected chi connectivity index (χ4v) is 1.55. The molecule has 1 aliphatic carbocycles. The minimum absolute atomic E-state index is 0. The topological polar surface area (TPSA) is 9.23 Å². The van der Waals surface area contributed by atoms with Crippen molar-refractivity contribution >= 4 is 31.0 Å². The molecule has 0 amide bonds. The Morgan fingerprint density at radius 2 is 1.04 bits per heavy atom. The van der Waals surface area contributed by atoms with Gasteiger partial charge in [0.05, 0.1) is 17.2 Å². The fraction of sp³-hybridized carbons (Fsp3) is 0.0833. The summed E-state index contributed by atoms with van der Waals surface area (Å²) in [4.78, 5) is 0. The van der Waals surface area contributed by atoms with E-state index < -0.39 is 7.81 Å². The molecule has 23 heavy (non-hydrogen) atoms. The molecule has 5 radical (unpaired) electrons. The van der Waals surface area contributed by atoms with Crippen molar-refractivity contribution in [2.24, 2.45) is 0 Å². The third-order valence-electron chi connectivity index (χ3n) is 1.68. The van der Waals surface area contributed by atoms with Crippen LogP contribution in [0, 0.1) is 32.1 Å². The van der Waals surface area contributed by atoms with Gasteiger partial charge < -0.3 is 4.74 Å². The second-order valence-electron chi connectivity index (χ2n) is 3.68. The van der Waals surface area contributed by atoms with E-state index in [1.165, 1.54) is 7.11 Å². The van der Waals surface area contributed by atoms with Gasteiger partial charge in [-0.3, -0.25) is 0 Å². The number of ether oxygens (including phenoxy) is 1. The molecule has 11 heteroatoms. The zero-order valence-electron chi connectivity index (χ0n) is 11.4. The first-order chi connectivity index (χ1) is 9.70. The number of rotatable bonds is 1. The molecule has 0 spiro atoms. The molecule has 0 heterocycles. The summed E-state index contributed by atoms with van der Waals surface area (Å²) in [6.07, 6.45) is 10.0. The van der Waals surface area contributed by atoms with Gasteiger partial charge >= 0.3 is 52.5 Å². The Balaban J connectivity index is 0. The maximum absolute atomic E-state index is 10.7. The van der Waals surface area contributed by atoms with E-state index in [0.29, 0.717) is 15.8 Å². The van der Waals surface area contributed by atoms with Crippen molar-refractivity contribution in [2.45, 2.75) is 0 Å². The summed E-state index contributed by atoms with van der Waals surface area (Å²) in [6, 6.07) is 5.23. The van der Waals surface area contributed by atoms with Crippen LogP contribution in [0.4, 0.5) is 25.2 Å². The number of hydrogen-bond donors (Lipinski definition) is 0. The first-order valence-corrected chi connectivity index (χ1v) is 8.20. The van der Waals surface area contributed by atoms with Gasteiger partial charge in [-0.25, -0.2) is 0 Å². The van der Waals surface area contributed by atoms with Gasteiger partial charge in [-0.2, -0.15) is 0 Å². The van der Waals surface area contributed by atoms with E-state index in [-0.39, 0.29) is 19.5 Å². The van der Waals surface area contributed by atoms with Gasteiger partial charge in [-0.1, -0.05) is 29.3 Å². The SMILES string of the molecule is COc1c(Cl)cccc1Cl.F[P-](F)(F)(F)(F)F.[CH]1[CH][CH][CH][CH]1.[Ru+2]. The molecule has 0 atom stereocenters. The predicted octanol–water partition coefficient (Wildman–Crippen LogP) is 7.40.